The van der Waals surface area contributed by atoms with Crippen LogP contribution in [0, 0.1) is 16.0 Å². The van der Waals surface area contributed by atoms with Crippen LogP contribution in [0.3, 0.4) is 0 Å². The molecule has 2 saturated heterocycles. The first kappa shape index (κ1) is 29.6. The van der Waals surface area contributed by atoms with Crippen molar-refractivity contribution in [2.24, 2.45) is 5.92 Å². The molecule has 1 saturated carbocycles. The zero-order chi connectivity index (χ0) is 31.1. The molecule has 6 rings (SSSR count). The number of hydrogen-bond acceptors (Lipinski definition) is 7. The number of carbonyl (C=O) groups is 3. The van der Waals surface area contributed by atoms with Gasteiger partial charge in [0.1, 0.15) is 6.04 Å². The van der Waals surface area contributed by atoms with Gasteiger partial charge in [-0.25, -0.2) is 4.79 Å². The number of Topliss-reactive ketones (excluding diaryl/α,β-unsaturated/α-hetero) is 1. The molecule has 3 aliphatic rings. The minimum atomic E-state index is -1.15. The third kappa shape index (κ3) is 4.87. The van der Waals surface area contributed by atoms with Crippen LogP contribution in [0.2, 0.25) is 5.02 Å². The number of nitro groups is 1. The van der Waals surface area contributed by atoms with Crippen molar-refractivity contribution < 1.29 is 28.8 Å². The number of rotatable bonds is 8. The van der Waals surface area contributed by atoms with Crippen LogP contribution in [0.1, 0.15) is 65.5 Å². The van der Waals surface area contributed by atoms with Crippen LogP contribution in [0.4, 0.5) is 10.5 Å². The summed E-state index contributed by atoms with van der Waals surface area (Å²) in [4.78, 5) is 58.2. The Hall–Kier alpha value is -4.44. The Balaban J connectivity index is 1.61. The van der Waals surface area contributed by atoms with Crippen molar-refractivity contribution in [2.75, 3.05) is 14.2 Å². The van der Waals surface area contributed by atoms with Gasteiger partial charge < -0.3 is 14.4 Å². The summed E-state index contributed by atoms with van der Waals surface area (Å²) in [6.45, 7) is 0. The number of halogens is 1. The van der Waals surface area contributed by atoms with Gasteiger partial charge in [-0.05, 0) is 36.6 Å². The van der Waals surface area contributed by atoms with E-state index in [-0.39, 0.29) is 34.6 Å². The number of carbonyl (C=O) groups excluding carboxylic acids is 3. The second-order valence-electron chi connectivity index (χ2n) is 11.4. The molecule has 228 valence electrons. The molecular formula is C33H32ClN3O7. The Bertz CT molecular complexity index is 1610. The van der Waals surface area contributed by atoms with Gasteiger partial charge >= 0.3 is 6.03 Å². The summed E-state index contributed by atoms with van der Waals surface area (Å²) >= 11 is 6.24. The monoisotopic (exact) mass is 617 g/mol. The molecule has 44 heavy (non-hydrogen) atoms. The van der Waals surface area contributed by atoms with Gasteiger partial charge in [-0.15, -0.1) is 0 Å². The largest absolute Gasteiger partial charge is 0.493 e. The molecular weight excluding hydrogens is 586 g/mol. The van der Waals surface area contributed by atoms with Crippen molar-refractivity contribution >= 4 is 35.0 Å². The van der Waals surface area contributed by atoms with E-state index in [0.29, 0.717) is 29.0 Å². The molecule has 0 N–H and O–H groups in total. The van der Waals surface area contributed by atoms with Gasteiger partial charge in [0.05, 0.1) is 42.7 Å². The van der Waals surface area contributed by atoms with Crippen LogP contribution in [-0.2, 0) is 4.79 Å². The number of fused-ring (bicyclic) bond motifs is 1. The Labute approximate surface area is 259 Å². The lowest BCUT2D eigenvalue weighted by atomic mass is 9.75. The number of benzene rings is 3. The molecule has 11 heteroatoms. The lowest BCUT2D eigenvalue weighted by molar-refractivity contribution is -0.386. The van der Waals surface area contributed by atoms with Crippen LogP contribution in [0.15, 0.2) is 66.7 Å². The number of ketones is 1. The van der Waals surface area contributed by atoms with Crippen LogP contribution in [-0.4, -0.2) is 58.7 Å². The fourth-order valence-corrected chi connectivity index (χ4v) is 7.38. The van der Waals surface area contributed by atoms with E-state index < -0.39 is 40.8 Å². The molecule has 0 spiro atoms. The second kappa shape index (κ2) is 11.9. The number of ether oxygens (including phenoxy) is 2. The van der Waals surface area contributed by atoms with E-state index in [1.54, 1.807) is 54.6 Å². The average molecular weight is 618 g/mol. The summed E-state index contributed by atoms with van der Waals surface area (Å²) in [6.07, 6.45) is 4.20. The van der Waals surface area contributed by atoms with Crippen molar-refractivity contribution in [1.82, 2.24) is 9.80 Å². The highest BCUT2D eigenvalue weighted by Crippen LogP contribution is 2.57. The maximum absolute atomic E-state index is 14.6. The van der Waals surface area contributed by atoms with Crippen molar-refractivity contribution in [3.63, 3.8) is 0 Å². The molecule has 3 fully saturated rings. The van der Waals surface area contributed by atoms with E-state index >= 15 is 0 Å². The third-order valence-electron chi connectivity index (χ3n) is 9.19. The van der Waals surface area contributed by atoms with Gasteiger partial charge in [0.25, 0.3) is 11.6 Å². The minimum Gasteiger partial charge on any atom is -0.493 e. The standard InChI is InChI=1S/C33H32ClN3O7/c1-43-25-17-23(24(37(41)42)18-26(25)44-2)29-28(31(38)20-9-5-3-6-10-20)27(19-13-15-21(34)16-14-19)30-32(39)35(33(40)36(29)30)22-11-7-4-8-12-22/h3,5-6,9-10,13-18,22,27-30H,4,7-8,11-12H2,1-2H3. The van der Waals surface area contributed by atoms with E-state index in [1.807, 2.05) is 0 Å². The topological polar surface area (TPSA) is 119 Å². The molecule has 3 amide bonds. The Kier molecular flexibility index (Phi) is 8.02. The van der Waals surface area contributed by atoms with Gasteiger partial charge in [0, 0.05) is 22.5 Å². The number of urea groups is 1. The van der Waals surface area contributed by atoms with Gasteiger partial charge in [-0.3, -0.25) is 24.6 Å². The quantitative estimate of drug-likeness (QED) is 0.121. The van der Waals surface area contributed by atoms with Crippen LogP contribution < -0.4 is 9.47 Å². The third-order valence-corrected chi connectivity index (χ3v) is 9.44. The number of imide groups is 1. The number of nitro benzene ring substituents is 1. The number of amides is 3. The summed E-state index contributed by atoms with van der Waals surface area (Å²) in [5, 5.41) is 13.0. The van der Waals surface area contributed by atoms with Gasteiger partial charge in [0.2, 0.25) is 0 Å². The smallest absolute Gasteiger partial charge is 0.328 e. The zero-order valence-electron chi connectivity index (χ0n) is 24.4. The summed E-state index contributed by atoms with van der Waals surface area (Å²) < 4.78 is 10.9. The lowest BCUT2D eigenvalue weighted by Gasteiger charge is -2.33. The summed E-state index contributed by atoms with van der Waals surface area (Å²) in [7, 11) is 2.78. The lowest BCUT2D eigenvalue weighted by Crippen LogP contribution is -2.45. The molecule has 2 heterocycles. The van der Waals surface area contributed by atoms with Crippen LogP contribution in [0.25, 0.3) is 0 Å². The van der Waals surface area contributed by atoms with E-state index in [2.05, 4.69) is 0 Å². The van der Waals surface area contributed by atoms with E-state index in [1.165, 1.54) is 36.2 Å². The van der Waals surface area contributed by atoms with Crippen molar-refractivity contribution in [3.05, 3.63) is 98.6 Å². The van der Waals surface area contributed by atoms with Gasteiger partial charge in [-0.2, -0.15) is 0 Å². The summed E-state index contributed by atoms with van der Waals surface area (Å²) in [6, 6.07) is 15.1. The van der Waals surface area contributed by atoms with E-state index in [0.717, 1.165) is 19.3 Å². The van der Waals surface area contributed by atoms with Crippen molar-refractivity contribution in [3.8, 4) is 11.5 Å². The molecule has 4 atom stereocenters. The highest BCUT2D eigenvalue weighted by Gasteiger charge is 2.64. The first-order valence-corrected chi connectivity index (χ1v) is 15.0. The first-order chi connectivity index (χ1) is 21.3. The molecule has 2 aliphatic heterocycles. The molecule has 0 radical (unpaired) electrons. The van der Waals surface area contributed by atoms with E-state index in [4.69, 9.17) is 21.1 Å². The fraction of sp³-hybridized carbons (Fsp3) is 0.364. The summed E-state index contributed by atoms with van der Waals surface area (Å²) in [5.41, 5.74) is 0.756. The predicted octanol–water partition coefficient (Wildman–Crippen LogP) is 6.57. The van der Waals surface area contributed by atoms with E-state index in [9.17, 15) is 24.5 Å². The fourth-order valence-electron chi connectivity index (χ4n) is 7.26. The van der Waals surface area contributed by atoms with Crippen LogP contribution in [0.5, 0.6) is 11.5 Å². The maximum atomic E-state index is 14.6. The normalized spacial score (nSPS) is 23.5. The molecule has 1 aliphatic carbocycles. The molecule has 3 aromatic carbocycles. The van der Waals surface area contributed by atoms with Crippen LogP contribution >= 0.6 is 11.6 Å². The van der Waals surface area contributed by atoms with Gasteiger partial charge in [0.15, 0.2) is 17.3 Å². The van der Waals surface area contributed by atoms with Crippen molar-refractivity contribution in [2.45, 2.75) is 56.1 Å². The summed E-state index contributed by atoms with van der Waals surface area (Å²) in [5.74, 6) is -2.24. The maximum Gasteiger partial charge on any atom is 0.328 e. The molecule has 3 aromatic rings. The number of nitrogens with zero attached hydrogens (tertiary/aromatic N) is 3. The minimum absolute atomic E-state index is 0.0926. The van der Waals surface area contributed by atoms with Crippen molar-refractivity contribution in [1.29, 1.82) is 0 Å². The first-order valence-electron chi connectivity index (χ1n) is 14.7. The highest BCUT2D eigenvalue weighted by atomic mass is 35.5. The molecule has 10 nitrogen and oxygen atoms in total. The predicted molar refractivity (Wildman–Crippen MR) is 162 cm³/mol. The Morgan fingerprint density at radius 2 is 1.55 bits per heavy atom. The molecule has 4 unspecified atom stereocenters. The molecule has 0 bridgehead atoms. The number of hydrogen-bond donors (Lipinski definition) is 0. The SMILES string of the molecule is COc1cc(C2C(C(=O)c3ccccc3)C(c3ccc(Cl)cc3)C3C(=O)N(C4CCCCC4)C(=O)N32)c([N+](=O)[O-])cc1OC. The number of methoxy groups -OCH3 is 2. The van der Waals surface area contributed by atoms with Gasteiger partial charge in [-0.1, -0.05) is 73.3 Å². The molecule has 0 aromatic heterocycles. The highest BCUT2D eigenvalue weighted by molar-refractivity contribution is 6.30. The second-order valence-corrected chi connectivity index (χ2v) is 11.9. The Morgan fingerprint density at radius 3 is 2.16 bits per heavy atom. The average Bonchev–Trinajstić information content (AvgIpc) is 3.53. The zero-order valence-corrected chi connectivity index (χ0v) is 25.1. The Morgan fingerprint density at radius 1 is 0.909 bits per heavy atom.